The Morgan fingerprint density at radius 3 is 2.86 bits per heavy atom. The van der Waals surface area contributed by atoms with Gasteiger partial charge in [0.25, 0.3) is 0 Å². The van der Waals surface area contributed by atoms with Crippen LogP contribution in [-0.4, -0.2) is 17.6 Å². The fourth-order valence-corrected chi connectivity index (χ4v) is 1.49. The Kier molecular flexibility index (Phi) is 2.43. The zero-order valence-electron chi connectivity index (χ0n) is 7.82. The first-order valence-electron chi connectivity index (χ1n) is 4.82. The molecule has 0 aromatic carbocycles. The van der Waals surface area contributed by atoms with E-state index in [1.807, 2.05) is 0 Å². The molecule has 0 unspecified atom stereocenters. The van der Waals surface area contributed by atoms with Gasteiger partial charge < -0.3 is 14.8 Å². The molecule has 4 heteroatoms. The van der Waals surface area contributed by atoms with Crippen molar-refractivity contribution in [3.05, 3.63) is 17.9 Å². The summed E-state index contributed by atoms with van der Waals surface area (Å²) in [5, 5.41) is 11.7. The van der Waals surface area contributed by atoms with Gasteiger partial charge in [-0.3, -0.25) is 0 Å². The lowest BCUT2D eigenvalue weighted by molar-refractivity contribution is 0.0663. The van der Waals surface area contributed by atoms with E-state index in [-0.39, 0.29) is 5.76 Å². The van der Waals surface area contributed by atoms with Crippen molar-refractivity contribution < 1.29 is 14.3 Å². The van der Waals surface area contributed by atoms with E-state index in [4.69, 9.17) is 9.52 Å². The highest BCUT2D eigenvalue weighted by Gasteiger charge is 2.17. The van der Waals surface area contributed by atoms with Crippen molar-refractivity contribution in [3.63, 3.8) is 0 Å². The number of furan rings is 1. The number of anilines is 1. The summed E-state index contributed by atoms with van der Waals surface area (Å²) >= 11 is 0. The van der Waals surface area contributed by atoms with E-state index < -0.39 is 5.97 Å². The molecular formula is C10H13NO3. The molecule has 4 nitrogen and oxygen atoms in total. The van der Waals surface area contributed by atoms with Crippen molar-refractivity contribution in [3.8, 4) is 0 Å². The minimum absolute atomic E-state index is 0.0129. The number of carboxylic acid groups (broad SMARTS) is 1. The van der Waals surface area contributed by atoms with Crippen molar-refractivity contribution in [1.29, 1.82) is 0 Å². The predicted octanol–water partition coefficient (Wildman–Crippen LogP) is 2.19. The van der Waals surface area contributed by atoms with Gasteiger partial charge >= 0.3 is 5.97 Å². The molecule has 1 aliphatic rings. The van der Waals surface area contributed by atoms with E-state index in [1.165, 1.54) is 25.3 Å². The summed E-state index contributed by atoms with van der Waals surface area (Å²) in [6.45, 7) is 0.882. The molecule has 14 heavy (non-hydrogen) atoms. The third kappa shape index (κ3) is 1.89. The smallest absolute Gasteiger partial charge is 0.371 e. The van der Waals surface area contributed by atoms with E-state index >= 15 is 0 Å². The first-order chi connectivity index (χ1) is 6.75. The highest BCUT2D eigenvalue weighted by atomic mass is 16.4. The maximum Gasteiger partial charge on any atom is 0.371 e. The SMILES string of the molecule is O=C(O)c1ccc(NCC2CCC2)o1. The Labute approximate surface area is 81.9 Å². The van der Waals surface area contributed by atoms with Crippen LogP contribution in [0.5, 0.6) is 0 Å². The molecule has 0 spiro atoms. The number of rotatable bonds is 4. The first kappa shape index (κ1) is 9.12. The second-order valence-electron chi connectivity index (χ2n) is 3.65. The normalized spacial score (nSPS) is 16.3. The average Bonchev–Trinajstić information content (AvgIpc) is 2.50. The van der Waals surface area contributed by atoms with E-state index in [0.29, 0.717) is 5.88 Å². The summed E-state index contributed by atoms with van der Waals surface area (Å²) in [5.41, 5.74) is 0. The lowest BCUT2D eigenvalue weighted by atomic mass is 9.85. The topological polar surface area (TPSA) is 62.5 Å². The van der Waals surface area contributed by atoms with Crippen LogP contribution in [-0.2, 0) is 0 Å². The lowest BCUT2D eigenvalue weighted by Crippen LogP contribution is -2.20. The maximum atomic E-state index is 10.5. The Hall–Kier alpha value is -1.45. The maximum absolute atomic E-state index is 10.5. The molecule has 0 atom stereocenters. The molecule has 0 saturated heterocycles. The highest BCUT2D eigenvalue weighted by Crippen LogP contribution is 2.26. The van der Waals surface area contributed by atoms with Crippen molar-refractivity contribution >= 4 is 11.9 Å². The molecule has 2 rings (SSSR count). The van der Waals surface area contributed by atoms with E-state index in [0.717, 1.165) is 12.5 Å². The standard InChI is InChI=1S/C10H13NO3/c12-10(13)8-4-5-9(14-8)11-6-7-2-1-3-7/h4-5,7,11H,1-3,6H2,(H,12,13). The molecule has 0 radical (unpaired) electrons. The number of carbonyl (C=O) groups is 1. The molecule has 1 aromatic rings. The van der Waals surface area contributed by atoms with Crippen LogP contribution in [0.4, 0.5) is 5.88 Å². The van der Waals surface area contributed by atoms with Crippen LogP contribution >= 0.6 is 0 Å². The number of nitrogens with one attached hydrogen (secondary N) is 1. The Balaban J connectivity index is 1.86. The minimum Gasteiger partial charge on any atom is -0.475 e. The molecule has 0 bridgehead atoms. The Morgan fingerprint density at radius 1 is 1.57 bits per heavy atom. The third-order valence-corrected chi connectivity index (χ3v) is 2.61. The molecule has 1 saturated carbocycles. The fourth-order valence-electron chi connectivity index (χ4n) is 1.49. The van der Waals surface area contributed by atoms with Crippen molar-refractivity contribution in [2.75, 3.05) is 11.9 Å². The van der Waals surface area contributed by atoms with E-state index in [2.05, 4.69) is 5.32 Å². The monoisotopic (exact) mass is 195 g/mol. The molecule has 2 N–H and O–H groups in total. The van der Waals surface area contributed by atoms with Gasteiger partial charge in [0.05, 0.1) is 0 Å². The van der Waals surface area contributed by atoms with Crippen LogP contribution in [0.15, 0.2) is 16.5 Å². The number of hydrogen-bond donors (Lipinski definition) is 2. The lowest BCUT2D eigenvalue weighted by Gasteiger charge is -2.25. The van der Waals surface area contributed by atoms with Crippen LogP contribution in [0, 0.1) is 5.92 Å². The second-order valence-corrected chi connectivity index (χ2v) is 3.65. The molecule has 0 amide bonds. The van der Waals surface area contributed by atoms with Gasteiger partial charge in [0.1, 0.15) is 0 Å². The molecule has 0 aliphatic heterocycles. The van der Waals surface area contributed by atoms with Crippen molar-refractivity contribution in [2.24, 2.45) is 5.92 Å². The molecule has 76 valence electrons. The summed E-state index contributed by atoms with van der Waals surface area (Å²) in [5.74, 6) is 0.241. The van der Waals surface area contributed by atoms with Crippen molar-refractivity contribution in [1.82, 2.24) is 0 Å². The van der Waals surface area contributed by atoms with Gasteiger partial charge in [0.15, 0.2) is 5.88 Å². The average molecular weight is 195 g/mol. The van der Waals surface area contributed by atoms with E-state index in [9.17, 15) is 4.79 Å². The van der Waals surface area contributed by atoms with Gasteiger partial charge in [-0.2, -0.15) is 0 Å². The van der Waals surface area contributed by atoms with Gasteiger partial charge in [0.2, 0.25) is 5.76 Å². The van der Waals surface area contributed by atoms with Gasteiger partial charge in [-0.25, -0.2) is 4.79 Å². The molecule has 1 fully saturated rings. The van der Waals surface area contributed by atoms with Gasteiger partial charge in [-0.15, -0.1) is 0 Å². The summed E-state index contributed by atoms with van der Waals surface area (Å²) in [4.78, 5) is 10.5. The summed E-state index contributed by atoms with van der Waals surface area (Å²) in [7, 11) is 0. The number of aromatic carboxylic acids is 1. The molecular weight excluding hydrogens is 182 g/mol. The largest absolute Gasteiger partial charge is 0.475 e. The third-order valence-electron chi connectivity index (χ3n) is 2.61. The fraction of sp³-hybridized carbons (Fsp3) is 0.500. The number of carboxylic acids is 1. The minimum atomic E-state index is -1.03. The summed E-state index contributed by atoms with van der Waals surface area (Å²) in [6, 6.07) is 3.12. The van der Waals surface area contributed by atoms with Gasteiger partial charge in [0, 0.05) is 12.6 Å². The summed E-state index contributed by atoms with van der Waals surface area (Å²) < 4.78 is 5.05. The van der Waals surface area contributed by atoms with Crippen LogP contribution < -0.4 is 5.32 Å². The van der Waals surface area contributed by atoms with Crippen LogP contribution in [0.1, 0.15) is 29.8 Å². The molecule has 1 aliphatic carbocycles. The Morgan fingerprint density at radius 2 is 2.36 bits per heavy atom. The van der Waals surface area contributed by atoms with Gasteiger partial charge in [-0.1, -0.05) is 6.42 Å². The molecule has 1 aromatic heterocycles. The van der Waals surface area contributed by atoms with Crippen LogP contribution in [0.25, 0.3) is 0 Å². The summed E-state index contributed by atoms with van der Waals surface area (Å²) in [6.07, 6.45) is 3.84. The van der Waals surface area contributed by atoms with E-state index in [1.54, 1.807) is 6.07 Å². The first-order valence-corrected chi connectivity index (χ1v) is 4.82. The Bertz CT molecular complexity index is 328. The number of hydrogen-bond acceptors (Lipinski definition) is 3. The molecule has 1 heterocycles. The van der Waals surface area contributed by atoms with Crippen molar-refractivity contribution in [2.45, 2.75) is 19.3 Å². The highest BCUT2D eigenvalue weighted by molar-refractivity contribution is 5.84. The predicted molar refractivity (Wildman–Crippen MR) is 51.5 cm³/mol. The zero-order chi connectivity index (χ0) is 9.97. The van der Waals surface area contributed by atoms with Crippen LogP contribution in [0.2, 0.25) is 0 Å². The quantitative estimate of drug-likeness (QED) is 0.773. The van der Waals surface area contributed by atoms with Crippen LogP contribution in [0.3, 0.4) is 0 Å². The van der Waals surface area contributed by atoms with Gasteiger partial charge in [-0.05, 0) is 24.8 Å². The zero-order valence-corrected chi connectivity index (χ0v) is 7.82. The second kappa shape index (κ2) is 3.74.